The summed E-state index contributed by atoms with van der Waals surface area (Å²) in [6.45, 7) is 1.47. The largest absolute Gasteiger partial charge is 0.491 e. The van der Waals surface area contributed by atoms with Crippen LogP contribution in [0.4, 0.5) is 5.82 Å². The van der Waals surface area contributed by atoms with Gasteiger partial charge in [0.15, 0.2) is 5.75 Å². The number of ether oxygens (including phenoxy) is 1. The molecule has 0 bridgehead atoms. The van der Waals surface area contributed by atoms with Crippen LogP contribution in [-0.2, 0) is 4.57 Å². The van der Waals surface area contributed by atoms with E-state index in [1.807, 2.05) is 0 Å². The molecule has 1 aliphatic rings. The van der Waals surface area contributed by atoms with Crippen molar-refractivity contribution in [2.24, 2.45) is 5.92 Å². The highest BCUT2D eigenvalue weighted by molar-refractivity contribution is 7.51. The Morgan fingerprint density at radius 1 is 1.36 bits per heavy atom. The van der Waals surface area contributed by atoms with Gasteiger partial charge in [-0.3, -0.25) is 9.36 Å². The third kappa shape index (κ3) is 4.18. The highest BCUT2D eigenvalue weighted by atomic mass is 31.2. The molecule has 1 fully saturated rings. The zero-order chi connectivity index (χ0) is 18.0. The second kappa shape index (κ2) is 7.11. The Morgan fingerprint density at radius 2 is 2.08 bits per heavy atom. The summed E-state index contributed by atoms with van der Waals surface area (Å²) in [4.78, 5) is 43.1. The minimum atomic E-state index is -3.93. The Kier molecular flexibility index (Phi) is 5.08. The standard InChI is InChI=1S/C15H21N4O5P/c1-24-12-8-11-13(18-15(12)20)16-9-17-14(11)19-5-2-10(3-6-19)4-7-25(21,22)23/h8-10H,2-7H2,1H3,(H2,21,22,23)(H,16,17,18,20). The summed E-state index contributed by atoms with van der Waals surface area (Å²) in [5.74, 6) is 1.24. The van der Waals surface area contributed by atoms with E-state index in [4.69, 9.17) is 14.5 Å². The maximum atomic E-state index is 11.8. The first-order valence-corrected chi connectivity index (χ1v) is 9.88. The molecular weight excluding hydrogens is 347 g/mol. The number of hydrogen-bond acceptors (Lipinski definition) is 6. The van der Waals surface area contributed by atoms with Gasteiger partial charge in [-0.1, -0.05) is 0 Å². The first-order chi connectivity index (χ1) is 11.9. The van der Waals surface area contributed by atoms with Crippen molar-refractivity contribution in [1.82, 2.24) is 15.0 Å². The fourth-order valence-electron chi connectivity index (χ4n) is 3.17. The summed E-state index contributed by atoms with van der Waals surface area (Å²) >= 11 is 0. The van der Waals surface area contributed by atoms with E-state index in [9.17, 15) is 9.36 Å². The van der Waals surface area contributed by atoms with Crippen LogP contribution in [0, 0.1) is 5.92 Å². The molecular formula is C15H21N4O5P. The van der Waals surface area contributed by atoms with Gasteiger partial charge in [0.2, 0.25) is 0 Å². The fourth-order valence-corrected chi connectivity index (χ4v) is 3.87. The summed E-state index contributed by atoms with van der Waals surface area (Å²) in [7, 11) is -2.50. The number of nitrogens with one attached hydrogen (secondary N) is 1. The predicted octanol–water partition coefficient (Wildman–Crippen LogP) is 1.11. The third-order valence-electron chi connectivity index (χ3n) is 4.56. The number of fused-ring (bicyclic) bond motifs is 1. The van der Waals surface area contributed by atoms with Crippen LogP contribution in [0.5, 0.6) is 5.75 Å². The van der Waals surface area contributed by atoms with E-state index in [0.29, 0.717) is 23.4 Å². The van der Waals surface area contributed by atoms with Gasteiger partial charge in [-0.05, 0) is 25.2 Å². The van der Waals surface area contributed by atoms with Crippen molar-refractivity contribution in [2.45, 2.75) is 19.3 Å². The molecule has 9 nitrogen and oxygen atoms in total. The highest BCUT2D eigenvalue weighted by Crippen LogP contribution is 2.38. The van der Waals surface area contributed by atoms with E-state index in [0.717, 1.165) is 31.7 Å². The molecule has 25 heavy (non-hydrogen) atoms. The Labute approximate surface area is 144 Å². The molecule has 0 atom stereocenters. The molecule has 0 radical (unpaired) electrons. The summed E-state index contributed by atoms with van der Waals surface area (Å²) in [5.41, 5.74) is 0.121. The quantitative estimate of drug-likeness (QED) is 0.670. The van der Waals surface area contributed by atoms with E-state index < -0.39 is 7.60 Å². The Morgan fingerprint density at radius 3 is 2.72 bits per heavy atom. The number of rotatable bonds is 5. The number of piperidine rings is 1. The topological polar surface area (TPSA) is 129 Å². The number of anilines is 1. The average Bonchev–Trinajstić information content (AvgIpc) is 2.58. The van der Waals surface area contributed by atoms with Crippen LogP contribution in [0.25, 0.3) is 11.0 Å². The van der Waals surface area contributed by atoms with Gasteiger partial charge < -0.3 is 24.4 Å². The fraction of sp³-hybridized carbons (Fsp3) is 0.533. The van der Waals surface area contributed by atoms with Crippen LogP contribution in [0.3, 0.4) is 0 Å². The molecule has 0 unspecified atom stereocenters. The molecule has 0 aliphatic carbocycles. The number of pyridine rings is 1. The minimum Gasteiger partial charge on any atom is -0.491 e. The molecule has 0 aromatic carbocycles. The molecule has 3 rings (SSSR count). The lowest BCUT2D eigenvalue weighted by Crippen LogP contribution is -2.34. The molecule has 0 saturated carbocycles. The Bertz CT molecular complexity index is 857. The van der Waals surface area contributed by atoms with E-state index in [1.165, 1.54) is 13.4 Å². The van der Waals surface area contributed by atoms with Crippen molar-refractivity contribution in [3.8, 4) is 5.75 Å². The van der Waals surface area contributed by atoms with E-state index in [2.05, 4.69) is 19.9 Å². The highest BCUT2D eigenvalue weighted by Gasteiger charge is 2.24. The molecule has 0 spiro atoms. The molecule has 1 aliphatic heterocycles. The summed E-state index contributed by atoms with van der Waals surface area (Å²) in [5, 5.41) is 0.715. The van der Waals surface area contributed by atoms with Crippen LogP contribution in [-0.4, -0.2) is 51.1 Å². The molecule has 3 N–H and O–H groups in total. The molecule has 2 aromatic heterocycles. The number of aromatic amines is 1. The van der Waals surface area contributed by atoms with Gasteiger partial charge in [-0.2, -0.15) is 0 Å². The van der Waals surface area contributed by atoms with E-state index in [-0.39, 0.29) is 17.5 Å². The van der Waals surface area contributed by atoms with Gasteiger partial charge in [0.1, 0.15) is 17.8 Å². The number of methoxy groups -OCH3 is 1. The first-order valence-electron chi connectivity index (χ1n) is 8.09. The number of hydrogen-bond donors (Lipinski definition) is 3. The second-order valence-corrected chi connectivity index (χ2v) is 8.01. The van der Waals surface area contributed by atoms with Gasteiger partial charge in [0.05, 0.1) is 18.7 Å². The number of nitrogens with zero attached hydrogens (tertiary/aromatic N) is 3. The van der Waals surface area contributed by atoms with E-state index >= 15 is 0 Å². The van der Waals surface area contributed by atoms with Crippen molar-refractivity contribution < 1.29 is 19.1 Å². The minimum absolute atomic E-state index is 0.0630. The van der Waals surface area contributed by atoms with Crippen LogP contribution in [0.1, 0.15) is 19.3 Å². The van der Waals surface area contributed by atoms with Crippen LogP contribution in [0.2, 0.25) is 0 Å². The summed E-state index contributed by atoms with van der Waals surface area (Å²) < 4.78 is 16.1. The van der Waals surface area contributed by atoms with Gasteiger partial charge in [0, 0.05) is 19.2 Å². The first kappa shape index (κ1) is 17.8. The normalized spacial score (nSPS) is 16.4. The van der Waals surface area contributed by atoms with Gasteiger partial charge in [-0.15, -0.1) is 0 Å². The van der Waals surface area contributed by atoms with Gasteiger partial charge >= 0.3 is 7.60 Å². The monoisotopic (exact) mass is 368 g/mol. The molecule has 10 heteroatoms. The molecule has 3 heterocycles. The third-order valence-corrected chi connectivity index (χ3v) is 5.40. The van der Waals surface area contributed by atoms with Crippen molar-refractivity contribution in [2.75, 3.05) is 31.3 Å². The van der Waals surface area contributed by atoms with E-state index in [1.54, 1.807) is 6.07 Å². The van der Waals surface area contributed by atoms with Crippen LogP contribution >= 0.6 is 7.60 Å². The molecule has 2 aromatic rings. The Hall–Kier alpha value is -1.96. The van der Waals surface area contributed by atoms with Crippen LogP contribution in [0.15, 0.2) is 17.2 Å². The summed E-state index contributed by atoms with van der Waals surface area (Å²) in [6, 6.07) is 1.64. The SMILES string of the molecule is COc1cc2c(N3CCC(CCP(=O)(O)O)CC3)ncnc2[nH]c1=O. The zero-order valence-electron chi connectivity index (χ0n) is 13.9. The van der Waals surface area contributed by atoms with Crippen LogP contribution < -0.4 is 15.2 Å². The van der Waals surface area contributed by atoms with Crippen molar-refractivity contribution in [3.05, 3.63) is 22.7 Å². The Balaban J connectivity index is 1.77. The second-order valence-electron chi connectivity index (χ2n) is 6.23. The molecule has 0 amide bonds. The lowest BCUT2D eigenvalue weighted by atomic mass is 9.94. The lowest BCUT2D eigenvalue weighted by molar-refractivity contribution is 0.350. The molecule has 1 saturated heterocycles. The van der Waals surface area contributed by atoms with Crippen molar-refractivity contribution in [3.63, 3.8) is 0 Å². The number of aromatic nitrogens is 3. The summed E-state index contributed by atoms with van der Waals surface area (Å²) in [6.07, 6.45) is 3.56. The van der Waals surface area contributed by atoms with Crippen molar-refractivity contribution >= 4 is 24.4 Å². The average molecular weight is 368 g/mol. The van der Waals surface area contributed by atoms with Crippen molar-refractivity contribution in [1.29, 1.82) is 0 Å². The maximum Gasteiger partial charge on any atom is 0.325 e. The molecule has 136 valence electrons. The number of H-pyrrole nitrogens is 1. The predicted molar refractivity (Wildman–Crippen MR) is 93.2 cm³/mol. The lowest BCUT2D eigenvalue weighted by Gasteiger charge is -2.33. The smallest absolute Gasteiger partial charge is 0.325 e. The van der Waals surface area contributed by atoms with Gasteiger partial charge in [-0.25, -0.2) is 9.97 Å². The van der Waals surface area contributed by atoms with Gasteiger partial charge in [0.25, 0.3) is 5.56 Å². The zero-order valence-corrected chi connectivity index (χ0v) is 14.8. The maximum absolute atomic E-state index is 11.8.